The zero-order chi connectivity index (χ0) is 3.58. The molecular formula is H13NO9Sm. The molecule has 11 heteroatoms. The molecule has 0 unspecified atom stereocenters. The number of hydrogen-bond acceptors (Lipinski definition) is 2. The van der Waals surface area contributed by atoms with Crippen LogP contribution >= 0.6 is 0 Å². The van der Waals surface area contributed by atoms with Crippen LogP contribution in [-0.2, 0) is 0 Å². The van der Waals surface area contributed by atoms with Crippen molar-refractivity contribution in [2.24, 2.45) is 0 Å². The quantitative estimate of drug-likeness (QED) is 0.339. The maximum absolute atomic E-state index is 8.36. The molecule has 0 saturated heterocycles. The largest absolute Gasteiger partial charge is 0.412 e. The molecule has 0 spiro atoms. The molecule has 78 valence electrons. The summed E-state index contributed by atoms with van der Waals surface area (Å²) in [6.45, 7) is 0. The van der Waals surface area contributed by atoms with E-state index in [-0.39, 0.29) is 73.2 Å². The van der Waals surface area contributed by atoms with Crippen molar-refractivity contribution < 1.29 is 83.5 Å². The molecule has 0 aliphatic carbocycles. The third-order valence-corrected chi connectivity index (χ3v) is 0. The molecule has 0 aromatic rings. The van der Waals surface area contributed by atoms with Crippen molar-refractivity contribution in [2.75, 3.05) is 0 Å². The van der Waals surface area contributed by atoms with E-state index in [1.807, 2.05) is 0 Å². The summed E-state index contributed by atoms with van der Waals surface area (Å²) < 4.78 is 0. The van der Waals surface area contributed by atoms with Gasteiger partial charge in [0.05, 0.1) is 0 Å². The van der Waals surface area contributed by atoms with Crippen LogP contribution in [0.4, 0.5) is 0 Å². The molecule has 11 heavy (non-hydrogen) atoms. The summed E-state index contributed by atoms with van der Waals surface area (Å²) in [7, 11) is 0. The fourth-order valence-corrected chi connectivity index (χ4v) is 0. The van der Waals surface area contributed by atoms with Gasteiger partial charge in [0.2, 0.25) is 0 Å². The number of rotatable bonds is 0. The van der Waals surface area contributed by atoms with Gasteiger partial charge in [-0.05, 0) is 0 Å². The van der Waals surface area contributed by atoms with Gasteiger partial charge >= 0.3 is 0 Å². The van der Waals surface area contributed by atoms with Gasteiger partial charge in [-0.2, -0.15) is 0 Å². The Labute approximate surface area is 93.3 Å². The van der Waals surface area contributed by atoms with Crippen LogP contribution in [0.15, 0.2) is 0 Å². The molecule has 0 radical (unpaired) electrons. The minimum Gasteiger partial charge on any atom is -0.412 e. The first-order chi connectivity index (χ1) is 1.73. The van der Waals surface area contributed by atoms with Gasteiger partial charge in [-0.1, -0.05) is 0 Å². The first kappa shape index (κ1) is 110. The zero-order valence-corrected chi connectivity index (χ0v) is 7.74. The average molecular weight is 321 g/mol. The predicted octanol–water partition coefficient (Wildman–Crippen LogP) is -5.30. The molecule has 0 heterocycles. The summed E-state index contributed by atoms with van der Waals surface area (Å²) in [5.41, 5.74) is 0. The minimum atomic E-state index is -1.50. The fraction of sp³-hybridized carbons (Fsp3) is 0. The molecule has 0 rings (SSSR count). The van der Waals surface area contributed by atoms with Gasteiger partial charge in [0.25, 0.3) is 5.09 Å². The number of hydrogen-bond donors (Lipinski definition) is 1. The Morgan fingerprint density at radius 2 is 0.909 bits per heavy atom. The first-order valence-corrected chi connectivity index (χ1v) is 0.565. The van der Waals surface area contributed by atoms with Crippen LogP contribution in [0, 0.1) is 50.5 Å². The van der Waals surface area contributed by atoms with Gasteiger partial charge in [0.15, 0.2) is 0 Å². The van der Waals surface area contributed by atoms with Crippen LogP contribution < -0.4 is 0 Å². The molecule has 0 aromatic carbocycles. The molecular weight excluding hydrogens is 308 g/mol. The van der Waals surface area contributed by atoms with Gasteiger partial charge in [-0.3, -0.25) is 0 Å². The molecule has 0 aliphatic rings. The van der Waals surface area contributed by atoms with E-state index in [0.717, 1.165) is 0 Å². The number of nitrogens with zero attached hydrogens (tertiary/aromatic N) is 1. The molecule has 0 fully saturated rings. The van der Waals surface area contributed by atoms with Crippen molar-refractivity contribution in [2.45, 2.75) is 0 Å². The van der Waals surface area contributed by atoms with E-state index < -0.39 is 5.09 Å². The molecule has 0 bridgehead atoms. The van der Waals surface area contributed by atoms with Crippen molar-refractivity contribution in [1.29, 1.82) is 0 Å². The second kappa shape index (κ2) is 81.9. The monoisotopic (exact) mass is 323 g/mol. The van der Waals surface area contributed by atoms with E-state index >= 15 is 0 Å². The minimum absolute atomic E-state index is 0. The predicted molar refractivity (Wildman–Crippen MR) is 30.5 cm³/mol. The Balaban J connectivity index is -0.00000000214. The SMILES string of the molecule is O.O.O.O.O.O.O=[N+]([O-])O.[Sm]. The Kier molecular flexibility index (Phi) is 820. The molecule has 13 N–H and O–H groups in total. The van der Waals surface area contributed by atoms with Crippen molar-refractivity contribution in [1.82, 2.24) is 0 Å². The maximum Gasteiger partial charge on any atom is 0.291 e. The Hall–Kier alpha value is 0.298. The zero-order valence-electron chi connectivity index (χ0n) is 5.12. The van der Waals surface area contributed by atoms with E-state index in [1.54, 1.807) is 0 Å². The molecule has 0 atom stereocenters. The van der Waals surface area contributed by atoms with Crippen LogP contribution in [-0.4, -0.2) is 43.2 Å². The Morgan fingerprint density at radius 3 is 0.909 bits per heavy atom. The second-order valence-corrected chi connectivity index (χ2v) is 0.238. The first-order valence-electron chi connectivity index (χ1n) is 0.565. The van der Waals surface area contributed by atoms with E-state index in [0.29, 0.717) is 0 Å². The summed E-state index contributed by atoms with van der Waals surface area (Å²) in [6.07, 6.45) is 0. The Bertz CT molecular complexity index is 32.5. The van der Waals surface area contributed by atoms with Gasteiger partial charge in [0, 0.05) is 40.4 Å². The molecule has 0 aromatic heterocycles. The maximum atomic E-state index is 8.36. The summed E-state index contributed by atoms with van der Waals surface area (Å²) in [5, 5.41) is 13.6. The van der Waals surface area contributed by atoms with E-state index in [4.69, 9.17) is 15.3 Å². The molecule has 0 amide bonds. The van der Waals surface area contributed by atoms with Crippen molar-refractivity contribution in [3.63, 3.8) is 0 Å². The van der Waals surface area contributed by atoms with Crippen molar-refractivity contribution in [3.05, 3.63) is 10.1 Å². The molecule has 0 aliphatic heterocycles. The third-order valence-electron chi connectivity index (χ3n) is 0. The molecule has 10 nitrogen and oxygen atoms in total. The van der Waals surface area contributed by atoms with Crippen LogP contribution in [0.2, 0.25) is 0 Å². The van der Waals surface area contributed by atoms with E-state index in [1.165, 1.54) is 0 Å². The smallest absolute Gasteiger partial charge is 0.291 e. The van der Waals surface area contributed by atoms with E-state index in [9.17, 15) is 0 Å². The van der Waals surface area contributed by atoms with Crippen LogP contribution in [0.3, 0.4) is 0 Å². The van der Waals surface area contributed by atoms with Crippen LogP contribution in [0.1, 0.15) is 0 Å². The standard InChI is InChI=1S/HNO3.6H2O.Sm/c2-1(3)4;;;;;;;/h(H,2,3,4);6*1H2;. The van der Waals surface area contributed by atoms with Crippen molar-refractivity contribution >= 4 is 0 Å². The van der Waals surface area contributed by atoms with Crippen molar-refractivity contribution in [3.8, 4) is 0 Å². The van der Waals surface area contributed by atoms with Gasteiger partial charge in [-0.15, -0.1) is 10.1 Å². The normalized spacial score (nSPS) is 2.18. The Morgan fingerprint density at radius 1 is 0.909 bits per heavy atom. The van der Waals surface area contributed by atoms with Crippen LogP contribution in [0.5, 0.6) is 0 Å². The second-order valence-electron chi connectivity index (χ2n) is 0.238. The summed E-state index contributed by atoms with van der Waals surface area (Å²) in [5.74, 6) is 0. The van der Waals surface area contributed by atoms with Gasteiger partial charge in [0.1, 0.15) is 0 Å². The fourth-order valence-electron chi connectivity index (χ4n) is 0. The average Bonchev–Trinajstić information content (AvgIpc) is 0.811. The van der Waals surface area contributed by atoms with Gasteiger partial charge < -0.3 is 38.1 Å². The third kappa shape index (κ3) is 8000. The van der Waals surface area contributed by atoms with Crippen LogP contribution in [0.25, 0.3) is 0 Å². The summed E-state index contributed by atoms with van der Waals surface area (Å²) in [4.78, 5) is 8.36. The summed E-state index contributed by atoms with van der Waals surface area (Å²) >= 11 is 0. The molecule has 0 saturated carbocycles. The topological polar surface area (TPSA) is 252 Å². The van der Waals surface area contributed by atoms with E-state index in [2.05, 4.69) is 0 Å². The van der Waals surface area contributed by atoms with Gasteiger partial charge in [-0.25, -0.2) is 0 Å². The summed E-state index contributed by atoms with van der Waals surface area (Å²) in [6, 6.07) is 0.